The molecule has 2 amide bonds. The molecule has 0 radical (unpaired) electrons. The van der Waals surface area contributed by atoms with Gasteiger partial charge in [0.15, 0.2) is 0 Å². The van der Waals surface area contributed by atoms with Crippen molar-refractivity contribution in [2.45, 2.75) is 102 Å². The van der Waals surface area contributed by atoms with Crippen LogP contribution in [0.25, 0.3) is 0 Å². The average Bonchev–Trinajstić information content (AvgIpc) is 2.66. The number of unbranched alkanes of at least 4 members (excludes halogenated alkanes) is 1. The highest BCUT2D eigenvalue weighted by Crippen LogP contribution is 2.28. The molecule has 0 aromatic rings. The van der Waals surface area contributed by atoms with Crippen molar-refractivity contribution in [3.63, 3.8) is 0 Å². The van der Waals surface area contributed by atoms with Crippen LogP contribution < -0.4 is 10.6 Å². The fourth-order valence-electron chi connectivity index (χ4n) is 4.40. The van der Waals surface area contributed by atoms with Crippen LogP contribution in [-0.4, -0.2) is 35.0 Å². The number of carboxylic acid groups (broad SMARTS) is 1. The zero-order valence-electron chi connectivity index (χ0n) is 16.7. The lowest BCUT2D eigenvalue weighted by Gasteiger charge is -2.30. The Morgan fingerprint density at radius 2 is 1.67 bits per heavy atom. The fraction of sp³-hybridized carbons (Fsp3) is 0.857. The smallest absolute Gasteiger partial charge is 0.326 e. The second-order valence-electron chi connectivity index (χ2n) is 8.37. The average molecular weight is 381 g/mol. The lowest BCUT2D eigenvalue weighted by Crippen LogP contribution is -2.46. The van der Waals surface area contributed by atoms with E-state index in [4.69, 9.17) is 0 Å². The first-order valence-corrected chi connectivity index (χ1v) is 10.8. The van der Waals surface area contributed by atoms with E-state index in [1.165, 1.54) is 32.1 Å². The van der Waals surface area contributed by atoms with Gasteiger partial charge in [-0.05, 0) is 50.9 Å². The minimum atomic E-state index is -0.958. The van der Waals surface area contributed by atoms with Gasteiger partial charge in [-0.2, -0.15) is 0 Å². The van der Waals surface area contributed by atoms with E-state index in [1.54, 1.807) is 0 Å². The molecule has 0 spiro atoms. The number of nitrogens with one attached hydrogen (secondary N) is 2. The minimum absolute atomic E-state index is 0.139. The summed E-state index contributed by atoms with van der Waals surface area (Å²) in [6.07, 6.45) is 11.9. The minimum Gasteiger partial charge on any atom is -0.480 e. The van der Waals surface area contributed by atoms with Gasteiger partial charge >= 0.3 is 5.97 Å². The van der Waals surface area contributed by atoms with Crippen molar-refractivity contribution in [1.29, 1.82) is 0 Å². The van der Waals surface area contributed by atoms with E-state index in [-0.39, 0.29) is 23.8 Å². The van der Waals surface area contributed by atoms with E-state index >= 15 is 0 Å². The van der Waals surface area contributed by atoms with Gasteiger partial charge in [-0.25, -0.2) is 4.79 Å². The first-order chi connectivity index (χ1) is 13.0. The molecule has 27 heavy (non-hydrogen) atoms. The number of rotatable bonds is 9. The van der Waals surface area contributed by atoms with Crippen LogP contribution in [0.15, 0.2) is 0 Å². The number of hydrogen-bond donors (Lipinski definition) is 3. The summed E-state index contributed by atoms with van der Waals surface area (Å²) in [4.78, 5) is 36.0. The van der Waals surface area contributed by atoms with Gasteiger partial charge in [0, 0.05) is 18.4 Å². The van der Waals surface area contributed by atoms with Crippen molar-refractivity contribution in [3.8, 4) is 0 Å². The van der Waals surface area contributed by atoms with Crippen LogP contribution in [0.5, 0.6) is 0 Å². The van der Waals surface area contributed by atoms with E-state index in [0.717, 1.165) is 25.7 Å². The maximum Gasteiger partial charge on any atom is 0.326 e. The Kier molecular flexibility index (Phi) is 9.08. The fourth-order valence-corrected chi connectivity index (χ4v) is 4.40. The Labute approximate surface area is 162 Å². The molecule has 2 aliphatic carbocycles. The molecule has 0 aromatic carbocycles. The van der Waals surface area contributed by atoms with Gasteiger partial charge in [-0.15, -0.1) is 0 Å². The molecule has 0 heterocycles. The summed E-state index contributed by atoms with van der Waals surface area (Å²) in [5.74, 6) is -0.553. The number of amides is 2. The second-order valence-corrected chi connectivity index (χ2v) is 8.37. The summed E-state index contributed by atoms with van der Waals surface area (Å²) in [7, 11) is 0. The predicted octanol–water partition coefficient (Wildman–Crippen LogP) is 3.39. The summed E-state index contributed by atoms with van der Waals surface area (Å²) >= 11 is 0. The molecule has 0 aliphatic heterocycles. The van der Waals surface area contributed by atoms with Gasteiger partial charge in [-0.1, -0.05) is 39.0 Å². The number of hydrogen-bond acceptors (Lipinski definition) is 3. The van der Waals surface area contributed by atoms with Crippen LogP contribution >= 0.6 is 0 Å². The molecule has 2 saturated carbocycles. The third-order valence-electron chi connectivity index (χ3n) is 6.12. The largest absolute Gasteiger partial charge is 0.480 e. The Balaban J connectivity index is 1.69. The number of carbonyl (C=O) groups excluding carboxylic acids is 2. The lowest BCUT2D eigenvalue weighted by molar-refractivity contribution is -0.143. The highest BCUT2D eigenvalue weighted by molar-refractivity contribution is 5.85. The molecule has 0 unspecified atom stereocenters. The van der Waals surface area contributed by atoms with Crippen LogP contribution in [0.3, 0.4) is 0 Å². The maximum absolute atomic E-state index is 12.4. The van der Waals surface area contributed by atoms with E-state index in [9.17, 15) is 19.5 Å². The third kappa shape index (κ3) is 7.51. The van der Waals surface area contributed by atoms with Crippen molar-refractivity contribution in [3.05, 3.63) is 0 Å². The van der Waals surface area contributed by atoms with Crippen molar-refractivity contribution in [1.82, 2.24) is 10.6 Å². The molecule has 0 aromatic heterocycles. The molecule has 1 atom stereocenters. The SMILES string of the molecule is CCCC[C@H](NC(=O)C1CCC(NC(=O)CC2CCCCC2)CC1)C(=O)O. The molecular weight excluding hydrogens is 344 g/mol. The molecule has 6 heteroatoms. The molecule has 6 nitrogen and oxygen atoms in total. The molecule has 3 N–H and O–H groups in total. The Hall–Kier alpha value is -1.59. The monoisotopic (exact) mass is 380 g/mol. The van der Waals surface area contributed by atoms with E-state index < -0.39 is 12.0 Å². The summed E-state index contributed by atoms with van der Waals surface area (Å²) in [6, 6.07) is -0.633. The zero-order valence-corrected chi connectivity index (χ0v) is 16.7. The number of aliphatic carboxylic acids is 1. The van der Waals surface area contributed by atoms with E-state index in [1.807, 2.05) is 6.92 Å². The number of carbonyl (C=O) groups is 3. The first-order valence-electron chi connectivity index (χ1n) is 10.8. The lowest BCUT2D eigenvalue weighted by atomic mass is 9.84. The highest BCUT2D eigenvalue weighted by Gasteiger charge is 2.30. The third-order valence-corrected chi connectivity index (χ3v) is 6.12. The van der Waals surface area contributed by atoms with Crippen LogP contribution in [0.4, 0.5) is 0 Å². The van der Waals surface area contributed by atoms with E-state index in [0.29, 0.717) is 31.6 Å². The van der Waals surface area contributed by atoms with E-state index in [2.05, 4.69) is 10.6 Å². The quantitative estimate of drug-likeness (QED) is 0.571. The van der Waals surface area contributed by atoms with Crippen molar-refractivity contribution in [2.75, 3.05) is 0 Å². The topological polar surface area (TPSA) is 95.5 Å². The summed E-state index contributed by atoms with van der Waals surface area (Å²) in [5, 5.41) is 15.1. The second kappa shape index (κ2) is 11.3. The first kappa shape index (κ1) is 21.7. The summed E-state index contributed by atoms with van der Waals surface area (Å²) in [5.41, 5.74) is 0. The van der Waals surface area contributed by atoms with Crippen molar-refractivity contribution < 1.29 is 19.5 Å². The van der Waals surface area contributed by atoms with Gasteiger partial charge in [0.1, 0.15) is 6.04 Å². The van der Waals surface area contributed by atoms with Gasteiger partial charge in [0.05, 0.1) is 0 Å². The maximum atomic E-state index is 12.4. The van der Waals surface area contributed by atoms with Crippen LogP contribution in [0, 0.1) is 11.8 Å². The van der Waals surface area contributed by atoms with Gasteiger partial charge in [0.2, 0.25) is 11.8 Å². The normalized spacial score (nSPS) is 24.8. The highest BCUT2D eigenvalue weighted by atomic mass is 16.4. The zero-order chi connectivity index (χ0) is 19.6. The van der Waals surface area contributed by atoms with Crippen LogP contribution in [-0.2, 0) is 14.4 Å². The molecule has 0 saturated heterocycles. The van der Waals surface area contributed by atoms with Crippen LogP contribution in [0.1, 0.15) is 90.4 Å². The summed E-state index contributed by atoms with van der Waals surface area (Å²) < 4.78 is 0. The predicted molar refractivity (Wildman–Crippen MR) is 104 cm³/mol. The molecule has 2 rings (SSSR count). The van der Waals surface area contributed by atoms with Gasteiger partial charge in [-0.3, -0.25) is 9.59 Å². The molecule has 2 fully saturated rings. The molecule has 2 aliphatic rings. The van der Waals surface area contributed by atoms with Crippen LogP contribution in [0.2, 0.25) is 0 Å². The Morgan fingerprint density at radius 1 is 1.00 bits per heavy atom. The Bertz CT molecular complexity index is 494. The Morgan fingerprint density at radius 3 is 2.26 bits per heavy atom. The van der Waals surface area contributed by atoms with Gasteiger partial charge < -0.3 is 15.7 Å². The van der Waals surface area contributed by atoms with Crippen molar-refractivity contribution >= 4 is 17.8 Å². The standard InChI is InChI=1S/C21H36N2O4/c1-2-3-9-18(21(26)27)23-20(25)16-10-12-17(13-11-16)22-19(24)14-15-7-5-4-6-8-15/h15-18H,2-14H2,1H3,(H,22,24)(H,23,25)(H,26,27)/t16?,17?,18-/m0/s1. The molecule has 0 bridgehead atoms. The number of carboxylic acids is 1. The molecule has 154 valence electrons. The summed E-state index contributed by atoms with van der Waals surface area (Å²) in [6.45, 7) is 2.00. The molecular formula is C21H36N2O4. The van der Waals surface area contributed by atoms with Gasteiger partial charge in [0.25, 0.3) is 0 Å². The van der Waals surface area contributed by atoms with Crippen molar-refractivity contribution in [2.24, 2.45) is 11.8 Å².